The highest BCUT2D eigenvalue weighted by atomic mass is 35.5. The number of amides is 1. The van der Waals surface area contributed by atoms with Gasteiger partial charge in [0.05, 0.1) is 10.6 Å². The molecule has 1 aliphatic rings. The molecule has 1 aliphatic heterocycles. The first-order chi connectivity index (χ1) is 16.5. The van der Waals surface area contributed by atoms with Crippen LogP contribution in [0.1, 0.15) is 49.5 Å². The van der Waals surface area contributed by atoms with Crippen molar-refractivity contribution >= 4 is 23.2 Å². The fourth-order valence-corrected chi connectivity index (χ4v) is 4.06. The zero-order valence-electron chi connectivity index (χ0n) is 20.0. The van der Waals surface area contributed by atoms with Crippen molar-refractivity contribution < 1.29 is 22.4 Å². The summed E-state index contributed by atoms with van der Waals surface area (Å²) >= 11 is 5.82. The highest BCUT2D eigenvalue weighted by Gasteiger charge is 2.31. The molecule has 188 valence electrons. The molecule has 0 aliphatic carbocycles. The molecule has 0 bridgehead atoms. The molecule has 2 N–H and O–H groups in total. The monoisotopic (exact) mass is 506 g/mol. The molecule has 8 heteroatoms. The Morgan fingerprint density at radius 1 is 1.09 bits per heavy atom. The minimum absolute atomic E-state index is 0.0209. The van der Waals surface area contributed by atoms with E-state index in [1.807, 2.05) is 26.0 Å². The predicted octanol–water partition coefficient (Wildman–Crippen LogP) is 7.68. The summed E-state index contributed by atoms with van der Waals surface area (Å²) in [5.74, 6) is 1.87. The summed E-state index contributed by atoms with van der Waals surface area (Å²) in [6.07, 6.45) is -2.02. The second-order valence-corrected chi connectivity index (χ2v) is 9.30. The van der Waals surface area contributed by atoms with Crippen molar-refractivity contribution in [3.63, 3.8) is 0 Å². The van der Waals surface area contributed by atoms with Crippen molar-refractivity contribution in [2.24, 2.45) is 5.92 Å². The Morgan fingerprint density at radius 3 is 2.37 bits per heavy atom. The average Bonchev–Trinajstić information content (AvgIpc) is 3.25. The predicted molar refractivity (Wildman–Crippen MR) is 134 cm³/mol. The SMILES string of the molecule is CC(C)C(=O)Nc1cccc(C2CCNCC2)c1.Cc1ccc(-c2ccc(C(F)(F)F)cc2Cl)o1. The first-order valence-corrected chi connectivity index (χ1v) is 12.0. The molecule has 1 fully saturated rings. The third-order valence-corrected chi connectivity index (χ3v) is 6.10. The van der Waals surface area contributed by atoms with Gasteiger partial charge in [0, 0.05) is 17.2 Å². The van der Waals surface area contributed by atoms with Gasteiger partial charge in [-0.2, -0.15) is 13.2 Å². The van der Waals surface area contributed by atoms with E-state index in [9.17, 15) is 18.0 Å². The summed E-state index contributed by atoms with van der Waals surface area (Å²) in [7, 11) is 0. The van der Waals surface area contributed by atoms with Crippen molar-refractivity contribution in [2.75, 3.05) is 18.4 Å². The third kappa shape index (κ3) is 7.61. The van der Waals surface area contributed by atoms with Crippen molar-refractivity contribution in [1.82, 2.24) is 5.32 Å². The maximum Gasteiger partial charge on any atom is 0.416 e. The molecule has 0 unspecified atom stereocenters. The molecular weight excluding hydrogens is 477 g/mol. The maximum atomic E-state index is 12.4. The van der Waals surface area contributed by atoms with Crippen molar-refractivity contribution in [3.05, 3.63) is 76.5 Å². The van der Waals surface area contributed by atoms with Gasteiger partial charge >= 0.3 is 6.18 Å². The molecule has 35 heavy (non-hydrogen) atoms. The lowest BCUT2D eigenvalue weighted by Crippen LogP contribution is -2.26. The molecule has 3 aromatic rings. The van der Waals surface area contributed by atoms with Gasteiger partial charge in [-0.1, -0.05) is 37.6 Å². The fourth-order valence-electron chi connectivity index (χ4n) is 3.78. The Bertz CT molecular complexity index is 1140. The topological polar surface area (TPSA) is 54.3 Å². The Hall–Kier alpha value is -2.77. The van der Waals surface area contributed by atoms with Crippen molar-refractivity contribution in [3.8, 4) is 11.3 Å². The molecule has 4 nitrogen and oxygen atoms in total. The van der Waals surface area contributed by atoms with Crippen LogP contribution < -0.4 is 10.6 Å². The van der Waals surface area contributed by atoms with Crippen LogP contribution in [0.2, 0.25) is 5.02 Å². The number of aryl methyl sites for hydroxylation is 1. The second-order valence-electron chi connectivity index (χ2n) is 8.90. The smallest absolute Gasteiger partial charge is 0.416 e. The largest absolute Gasteiger partial charge is 0.461 e. The van der Waals surface area contributed by atoms with Crippen molar-refractivity contribution in [1.29, 1.82) is 0 Å². The van der Waals surface area contributed by atoms with E-state index in [0.29, 0.717) is 23.0 Å². The molecule has 1 aromatic heterocycles. The van der Waals surface area contributed by atoms with Gasteiger partial charge in [-0.05, 0) is 86.8 Å². The number of hydrogen-bond donors (Lipinski definition) is 2. The second kappa shape index (κ2) is 11.8. The number of benzene rings is 2. The number of furan rings is 1. The van der Waals surface area contributed by atoms with E-state index in [0.717, 1.165) is 30.9 Å². The number of hydrogen-bond acceptors (Lipinski definition) is 3. The van der Waals surface area contributed by atoms with Crippen LogP contribution in [-0.2, 0) is 11.0 Å². The number of halogens is 4. The van der Waals surface area contributed by atoms with Crippen LogP contribution >= 0.6 is 11.6 Å². The molecule has 1 amide bonds. The van der Waals surface area contributed by atoms with E-state index in [1.165, 1.54) is 24.5 Å². The summed E-state index contributed by atoms with van der Waals surface area (Å²) in [6.45, 7) is 7.75. The van der Waals surface area contributed by atoms with Gasteiger partial charge in [0.15, 0.2) is 0 Å². The summed E-state index contributed by atoms with van der Waals surface area (Å²) in [5, 5.41) is 6.37. The number of piperidine rings is 1. The number of nitrogens with one attached hydrogen (secondary N) is 2. The van der Waals surface area contributed by atoms with Gasteiger partial charge < -0.3 is 15.1 Å². The Labute approximate surface area is 208 Å². The standard InChI is InChI=1S/C15H22N2O.C12H8ClF3O/c1-11(2)15(18)17-14-5-3-4-13(10-14)12-6-8-16-9-7-12;1-7-2-5-11(17-7)9-4-3-8(6-10(9)13)12(14,15)16/h3-5,10-12,16H,6-9H2,1-2H3,(H,17,18);2-6H,1H3. The Kier molecular flexibility index (Phi) is 9.03. The van der Waals surface area contributed by atoms with Crippen LogP contribution in [0.15, 0.2) is 59.0 Å². The molecule has 0 atom stereocenters. The van der Waals surface area contributed by atoms with E-state index >= 15 is 0 Å². The molecule has 0 spiro atoms. The van der Waals surface area contributed by atoms with E-state index in [-0.39, 0.29) is 16.8 Å². The van der Waals surface area contributed by atoms with E-state index < -0.39 is 11.7 Å². The van der Waals surface area contributed by atoms with Gasteiger partial charge in [0.2, 0.25) is 5.91 Å². The van der Waals surface area contributed by atoms with E-state index in [4.69, 9.17) is 16.0 Å². The van der Waals surface area contributed by atoms with Gasteiger partial charge in [-0.3, -0.25) is 4.79 Å². The summed E-state index contributed by atoms with van der Waals surface area (Å²) in [4.78, 5) is 11.7. The Balaban J connectivity index is 0.000000196. The van der Waals surface area contributed by atoms with Gasteiger partial charge in [0.1, 0.15) is 11.5 Å². The lowest BCUT2D eigenvalue weighted by Gasteiger charge is -2.23. The first kappa shape index (κ1) is 26.8. The van der Waals surface area contributed by atoms with Crippen LogP contribution in [-0.4, -0.2) is 19.0 Å². The van der Waals surface area contributed by atoms with Crippen molar-refractivity contribution in [2.45, 2.75) is 45.7 Å². The third-order valence-electron chi connectivity index (χ3n) is 5.79. The van der Waals surface area contributed by atoms with Crippen LogP contribution in [0.5, 0.6) is 0 Å². The normalized spacial score (nSPS) is 14.4. The lowest BCUT2D eigenvalue weighted by molar-refractivity contribution is -0.137. The molecule has 2 heterocycles. The first-order valence-electron chi connectivity index (χ1n) is 11.6. The molecule has 0 saturated carbocycles. The highest BCUT2D eigenvalue weighted by molar-refractivity contribution is 6.33. The number of rotatable bonds is 4. The zero-order valence-corrected chi connectivity index (χ0v) is 20.8. The molecular formula is C27H30ClF3N2O2. The van der Waals surface area contributed by atoms with Crippen LogP contribution in [0.25, 0.3) is 11.3 Å². The van der Waals surface area contributed by atoms with E-state index in [1.54, 1.807) is 19.1 Å². The number of alkyl halides is 3. The van der Waals surface area contributed by atoms with Gasteiger partial charge in [0.25, 0.3) is 0 Å². The quantitative estimate of drug-likeness (QED) is 0.381. The van der Waals surface area contributed by atoms with Crippen LogP contribution in [0, 0.1) is 12.8 Å². The molecule has 0 radical (unpaired) electrons. The summed E-state index contributed by atoms with van der Waals surface area (Å²) < 4.78 is 42.6. The highest BCUT2D eigenvalue weighted by Crippen LogP contribution is 2.36. The molecule has 2 aromatic carbocycles. The zero-order chi connectivity index (χ0) is 25.6. The van der Waals surface area contributed by atoms with E-state index in [2.05, 4.69) is 22.8 Å². The lowest BCUT2D eigenvalue weighted by atomic mass is 9.90. The average molecular weight is 507 g/mol. The van der Waals surface area contributed by atoms with Crippen LogP contribution in [0.4, 0.5) is 18.9 Å². The minimum Gasteiger partial charge on any atom is -0.461 e. The van der Waals surface area contributed by atoms with Gasteiger partial charge in [-0.25, -0.2) is 0 Å². The minimum atomic E-state index is -4.39. The van der Waals surface area contributed by atoms with Gasteiger partial charge in [-0.15, -0.1) is 0 Å². The molecule has 1 saturated heterocycles. The fraction of sp³-hybridized carbons (Fsp3) is 0.370. The summed E-state index contributed by atoms with van der Waals surface area (Å²) in [5.41, 5.74) is 1.95. The summed E-state index contributed by atoms with van der Waals surface area (Å²) in [6, 6.07) is 14.9. The molecule has 4 rings (SSSR count). The maximum absolute atomic E-state index is 12.4. The number of anilines is 1. The Morgan fingerprint density at radius 2 is 1.80 bits per heavy atom. The van der Waals surface area contributed by atoms with Crippen LogP contribution in [0.3, 0.4) is 0 Å². The number of carbonyl (C=O) groups is 1. The number of carbonyl (C=O) groups excluding carboxylic acids is 1.